The van der Waals surface area contributed by atoms with E-state index in [9.17, 15) is 29.7 Å². The smallest absolute Gasteiger partial charge is 0.405 e. The van der Waals surface area contributed by atoms with Gasteiger partial charge in [-0.2, -0.15) is 0 Å². The molecule has 42 heavy (non-hydrogen) atoms. The molecule has 3 amide bonds. The molecule has 0 radical (unpaired) electrons. The fourth-order valence-corrected chi connectivity index (χ4v) is 4.93. The van der Waals surface area contributed by atoms with Gasteiger partial charge in [0, 0.05) is 44.3 Å². The molecule has 0 saturated carbocycles. The minimum Gasteiger partial charge on any atom is -0.506 e. The molecule has 232 valence electrons. The summed E-state index contributed by atoms with van der Waals surface area (Å²) in [6.07, 6.45) is 2.54. The van der Waals surface area contributed by atoms with Crippen LogP contribution in [-0.2, 0) is 30.2 Å². The Bertz CT molecular complexity index is 1240. The van der Waals surface area contributed by atoms with Crippen molar-refractivity contribution in [1.29, 1.82) is 0 Å². The van der Waals surface area contributed by atoms with Crippen molar-refractivity contribution in [2.24, 2.45) is 17.6 Å². The highest BCUT2D eigenvalue weighted by Gasteiger charge is 2.30. The second-order valence-corrected chi connectivity index (χ2v) is 10.7. The molecule has 12 nitrogen and oxygen atoms in total. The van der Waals surface area contributed by atoms with Crippen LogP contribution < -0.4 is 16.4 Å². The van der Waals surface area contributed by atoms with Crippen LogP contribution >= 0.6 is 0 Å². The highest BCUT2D eigenvalue weighted by Crippen LogP contribution is 2.42. The lowest BCUT2D eigenvalue weighted by Crippen LogP contribution is -2.37. The van der Waals surface area contributed by atoms with E-state index >= 15 is 0 Å². The molecule has 2 bridgehead atoms. The average molecular weight is 590 g/mol. The maximum Gasteiger partial charge on any atom is 0.405 e. The number of methoxy groups -OCH3 is 2. The standard InChI is InChI=1S/C30H43N3O9/c1-15-11-20-25(32-19(5)34)22(35)14-21(27(20)37)33-29(38)16(2)9-8-10-23(40-6)28(42-30(31)39)18(4)13-17(3)26(36)24(12-15)41-7/h8-10,13-15,17,23-24,26,28,35-37H,11-12H2,1-7H3,(H2,31,39)(H,32,34)(H,33,38)/b10-8-,16-9+,18-13+/t15-,17+,23+,24+,26-,28+/m1/s1. The number of anilines is 2. The number of nitrogens with two attached hydrogens (primary N) is 1. The summed E-state index contributed by atoms with van der Waals surface area (Å²) in [4.78, 5) is 36.6. The zero-order valence-electron chi connectivity index (χ0n) is 25.1. The van der Waals surface area contributed by atoms with Crippen molar-refractivity contribution in [2.45, 2.75) is 71.9 Å². The number of phenols is 2. The van der Waals surface area contributed by atoms with E-state index in [0.29, 0.717) is 12.0 Å². The molecular weight excluding hydrogens is 546 g/mol. The number of hydrogen-bond acceptors (Lipinski definition) is 9. The largest absolute Gasteiger partial charge is 0.506 e. The number of phenolic OH excluding ortho intramolecular Hbond substituents is 2. The van der Waals surface area contributed by atoms with Crippen LogP contribution in [0.4, 0.5) is 16.2 Å². The quantitative estimate of drug-likeness (QED) is 0.173. The summed E-state index contributed by atoms with van der Waals surface area (Å²) in [7, 11) is 2.90. The first-order valence-electron chi connectivity index (χ1n) is 13.6. The molecule has 0 fully saturated rings. The van der Waals surface area contributed by atoms with Crippen molar-refractivity contribution in [3.63, 3.8) is 0 Å². The minimum absolute atomic E-state index is 0.0264. The predicted octanol–water partition coefficient (Wildman–Crippen LogP) is 3.52. The summed E-state index contributed by atoms with van der Waals surface area (Å²) in [5.41, 5.74) is 6.35. The van der Waals surface area contributed by atoms with Gasteiger partial charge in [-0.25, -0.2) is 4.79 Å². The molecule has 0 aliphatic carbocycles. The SMILES string of the molecule is CO[C@H]1/C=C\C=C(/C)C(=O)Nc2cc(O)c(NC(C)=O)c(c2O)C[C@@H](C)C[C@H](OC)[C@H](O)[C@@H](C)/C=C(\C)[C@@H]1OC(N)=O. The summed E-state index contributed by atoms with van der Waals surface area (Å²) >= 11 is 0. The van der Waals surface area contributed by atoms with Gasteiger partial charge in [-0.1, -0.05) is 38.2 Å². The van der Waals surface area contributed by atoms with Crippen molar-refractivity contribution >= 4 is 29.3 Å². The van der Waals surface area contributed by atoms with Crippen molar-refractivity contribution in [1.82, 2.24) is 0 Å². The number of aliphatic hydroxyl groups is 1. The highest BCUT2D eigenvalue weighted by molar-refractivity contribution is 6.05. The maximum atomic E-state index is 13.0. The van der Waals surface area contributed by atoms with Crippen LogP contribution in [0.15, 0.2) is 41.5 Å². The number of benzene rings is 1. The molecule has 12 heteroatoms. The second kappa shape index (κ2) is 15.4. The van der Waals surface area contributed by atoms with Gasteiger partial charge in [-0.15, -0.1) is 0 Å². The number of rotatable bonds is 4. The third-order valence-corrected chi connectivity index (χ3v) is 7.13. The molecule has 1 aromatic rings. The van der Waals surface area contributed by atoms with Gasteiger partial charge < -0.3 is 45.9 Å². The number of carbonyl (C=O) groups is 3. The molecule has 0 aromatic heterocycles. The Kier molecular flexibility index (Phi) is 12.6. The Morgan fingerprint density at radius 1 is 1.14 bits per heavy atom. The first kappa shape index (κ1) is 34.3. The van der Waals surface area contributed by atoms with Gasteiger partial charge in [0.1, 0.15) is 17.6 Å². The lowest BCUT2D eigenvalue weighted by molar-refractivity contribution is -0.114. The number of amides is 3. The van der Waals surface area contributed by atoms with E-state index in [4.69, 9.17) is 19.9 Å². The van der Waals surface area contributed by atoms with Gasteiger partial charge in [-0.05, 0) is 38.2 Å². The minimum atomic E-state index is -1.01. The Labute approximate surface area is 246 Å². The van der Waals surface area contributed by atoms with E-state index in [-0.39, 0.29) is 46.3 Å². The molecule has 1 aliphatic rings. The number of allylic oxidation sites excluding steroid dienone is 2. The predicted molar refractivity (Wildman–Crippen MR) is 158 cm³/mol. The van der Waals surface area contributed by atoms with Crippen LogP contribution in [0.5, 0.6) is 11.5 Å². The number of nitrogens with one attached hydrogen (secondary N) is 2. The van der Waals surface area contributed by atoms with Crippen LogP contribution in [-0.4, -0.2) is 71.9 Å². The molecule has 0 saturated heterocycles. The third-order valence-electron chi connectivity index (χ3n) is 7.13. The summed E-state index contributed by atoms with van der Waals surface area (Å²) in [6, 6.07) is 1.16. The number of hydrogen-bond donors (Lipinski definition) is 6. The summed E-state index contributed by atoms with van der Waals surface area (Å²) in [5.74, 6) is -2.36. The van der Waals surface area contributed by atoms with E-state index in [2.05, 4.69) is 10.6 Å². The van der Waals surface area contributed by atoms with Crippen LogP contribution in [0.1, 0.15) is 46.6 Å². The van der Waals surface area contributed by atoms with Gasteiger partial charge in [-0.3, -0.25) is 9.59 Å². The number of aromatic hydroxyl groups is 2. The number of primary amides is 1. The second-order valence-electron chi connectivity index (χ2n) is 10.7. The fraction of sp³-hybridized carbons (Fsp3) is 0.500. The van der Waals surface area contributed by atoms with E-state index < -0.39 is 48.2 Å². The molecule has 1 aromatic carbocycles. The summed E-state index contributed by atoms with van der Waals surface area (Å²) < 4.78 is 16.5. The Morgan fingerprint density at radius 3 is 2.38 bits per heavy atom. The molecule has 1 aliphatic heterocycles. The van der Waals surface area contributed by atoms with Crippen LogP contribution in [0.2, 0.25) is 0 Å². The Morgan fingerprint density at radius 2 is 1.81 bits per heavy atom. The lowest BCUT2D eigenvalue weighted by atomic mass is 9.87. The molecular formula is C30H43N3O9. The Balaban J connectivity index is 2.68. The molecule has 7 N–H and O–H groups in total. The fourth-order valence-electron chi connectivity index (χ4n) is 4.93. The molecule has 1 heterocycles. The zero-order chi connectivity index (χ0) is 31.7. The van der Waals surface area contributed by atoms with Gasteiger partial charge in [0.2, 0.25) is 5.91 Å². The third kappa shape index (κ3) is 9.07. The van der Waals surface area contributed by atoms with Crippen LogP contribution in [0.3, 0.4) is 0 Å². The average Bonchev–Trinajstić information content (AvgIpc) is 2.91. The van der Waals surface area contributed by atoms with Crippen LogP contribution in [0.25, 0.3) is 0 Å². The van der Waals surface area contributed by atoms with E-state index in [1.165, 1.54) is 27.2 Å². The normalized spacial score (nSPS) is 29.3. The number of ether oxygens (including phenoxy) is 3. The van der Waals surface area contributed by atoms with E-state index in [0.717, 1.165) is 6.07 Å². The molecule has 6 atom stereocenters. The van der Waals surface area contributed by atoms with Crippen molar-refractivity contribution in [3.8, 4) is 11.5 Å². The molecule has 0 unspecified atom stereocenters. The van der Waals surface area contributed by atoms with Crippen LogP contribution in [0, 0.1) is 11.8 Å². The number of fused-ring (bicyclic) bond motifs is 2. The highest BCUT2D eigenvalue weighted by atomic mass is 16.6. The van der Waals surface area contributed by atoms with E-state index in [1.54, 1.807) is 39.0 Å². The lowest BCUT2D eigenvalue weighted by Gasteiger charge is -2.29. The molecule has 2 rings (SSSR count). The number of aliphatic hydroxyl groups excluding tert-OH is 1. The zero-order valence-corrected chi connectivity index (χ0v) is 25.1. The van der Waals surface area contributed by atoms with Gasteiger partial charge in [0.25, 0.3) is 5.91 Å². The van der Waals surface area contributed by atoms with Gasteiger partial charge >= 0.3 is 6.09 Å². The van der Waals surface area contributed by atoms with Crippen molar-refractivity contribution in [2.75, 3.05) is 24.9 Å². The molecule has 0 spiro atoms. The number of carbonyl (C=O) groups excluding carboxylic acids is 3. The summed E-state index contributed by atoms with van der Waals surface area (Å²) in [6.45, 7) is 8.20. The first-order valence-corrected chi connectivity index (χ1v) is 13.6. The van der Waals surface area contributed by atoms with Gasteiger partial charge in [0.05, 0.1) is 23.6 Å². The van der Waals surface area contributed by atoms with E-state index in [1.807, 2.05) is 6.92 Å². The Hall–Kier alpha value is -3.87. The van der Waals surface area contributed by atoms with Crippen molar-refractivity contribution in [3.05, 3.63) is 47.1 Å². The maximum absolute atomic E-state index is 13.0. The topological polar surface area (TPSA) is 190 Å². The van der Waals surface area contributed by atoms with Gasteiger partial charge in [0.15, 0.2) is 6.10 Å². The summed E-state index contributed by atoms with van der Waals surface area (Å²) in [5, 5.41) is 38.3. The van der Waals surface area contributed by atoms with Crippen molar-refractivity contribution < 1.29 is 43.9 Å². The first-order chi connectivity index (χ1) is 19.7. The monoisotopic (exact) mass is 589 g/mol.